The smallest absolute Gasteiger partial charge is 0.134 e. The maximum atomic E-state index is 5.90. The van der Waals surface area contributed by atoms with Crippen molar-refractivity contribution in [2.45, 2.75) is 6.61 Å². The van der Waals surface area contributed by atoms with Crippen molar-refractivity contribution < 1.29 is 14.3 Å². The molecule has 0 heterocycles. The van der Waals surface area contributed by atoms with Gasteiger partial charge in [0.2, 0.25) is 0 Å². The first-order valence-corrected chi connectivity index (χ1v) is 8.40. The van der Waals surface area contributed by atoms with Gasteiger partial charge in [0.25, 0.3) is 0 Å². The van der Waals surface area contributed by atoms with Crippen LogP contribution >= 0.6 is 0 Å². The highest BCUT2D eigenvalue weighted by Gasteiger charge is 2.06. The minimum Gasteiger partial charge on any atom is -0.489 e. The van der Waals surface area contributed by atoms with Crippen molar-refractivity contribution in [3.63, 3.8) is 0 Å². The van der Waals surface area contributed by atoms with Gasteiger partial charge in [0.1, 0.15) is 37.5 Å². The Morgan fingerprint density at radius 3 is 2.19 bits per heavy atom. The average Bonchev–Trinajstić information content (AvgIpc) is 2.71. The van der Waals surface area contributed by atoms with Gasteiger partial charge in [-0.3, -0.25) is 0 Å². The van der Waals surface area contributed by atoms with Gasteiger partial charge in [-0.1, -0.05) is 65.8 Å². The average molecular weight is 347 g/mol. The minimum atomic E-state index is 0.320. The van der Waals surface area contributed by atoms with E-state index in [0.29, 0.717) is 13.2 Å². The highest BCUT2D eigenvalue weighted by atomic mass is 16.6. The molecule has 4 heteroatoms. The second-order valence-electron chi connectivity index (χ2n) is 5.62. The molecule has 3 aromatic rings. The normalized spacial score (nSPS) is 11.0. The molecule has 4 nitrogen and oxygen atoms in total. The lowest BCUT2D eigenvalue weighted by molar-refractivity contribution is 0.210. The zero-order valence-electron chi connectivity index (χ0n) is 14.7. The standard InChI is InChI=1S/C22H21NO3/c1-24-23-22(19-10-4-2-5-11-19)17-26-21-14-8-9-18(15-21)16-25-20-12-6-3-7-13-20/h2-15H,16-17H2,1H3. The van der Waals surface area contributed by atoms with Gasteiger partial charge in [-0.25, -0.2) is 0 Å². The van der Waals surface area contributed by atoms with Crippen molar-refractivity contribution in [1.29, 1.82) is 0 Å². The monoisotopic (exact) mass is 347 g/mol. The molecule has 0 amide bonds. The van der Waals surface area contributed by atoms with Crippen LogP contribution in [0.3, 0.4) is 0 Å². The van der Waals surface area contributed by atoms with E-state index in [1.807, 2.05) is 84.9 Å². The van der Waals surface area contributed by atoms with E-state index in [2.05, 4.69) is 5.16 Å². The fourth-order valence-corrected chi connectivity index (χ4v) is 2.46. The Hall–Kier alpha value is -3.27. The first kappa shape index (κ1) is 17.5. The van der Waals surface area contributed by atoms with Gasteiger partial charge in [0.15, 0.2) is 0 Å². The van der Waals surface area contributed by atoms with Crippen molar-refractivity contribution in [3.8, 4) is 11.5 Å². The molecular weight excluding hydrogens is 326 g/mol. The summed E-state index contributed by atoms with van der Waals surface area (Å²) in [4.78, 5) is 4.95. The summed E-state index contributed by atoms with van der Waals surface area (Å²) in [5.74, 6) is 1.61. The molecule has 0 radical (unpaired) electrons. The third-order valence-corrected chi connectivity index (χ3v) is 3.73. The van der Waals surface area contributed by atoms with Crippen LogP contribution in [0.2, 0.25) is 0 Å². The fourth-order valence-electron chi connectivity index (χ4n) is 2.46. The SMILES string of the molecule is CON=C(COc1cccc(COc2ccccc2)c1)c1ccccc1. The van der Waals surface area contributed by atoms with Crippen LogP contribution in [0.25, 0.3) is 0 Å². The number of hydrogen-bond donors (Lipinski definition) is 0. The summed E-state index contributed by atoms with van der Waals surface area (Å²) < 4.78 is 11.7. The summed E-state index contributed by atoms with van der Waals surface area (Å²) in [7, 11) is 1.53. The number of ether oxygens (including phenoxy) is 2. The van der Waals surface area contributed by atoms with Crippen LogP contribution in [0.1, 0.15) is 11.1 Å². The summed E-state index contributed by atoms with van der Waals surface area (Å²) in [5, 5.41) is 4.07. The summed E-state index contributed by atoms with van der Waals surface area (Å²) >= 11 is 0. The molecular formula is C22H21NO3. The Kier molecular flexibility index (Phi) is 6.26. The van der Waals surface area contributed by atoms with Crippen molar-refractivity contribution >= 4 is 5.71 Å². The third-order valence-electron chi connectivity index (χ3n) is 3.73. The molecule has 0 saturated carbocycles. The largest absolute Gasteiger partial charge is 0.489 e. The van der Waals surface area contributed by atoms with Crippen molar-refractivity contribution in [1.82, 2.24) is 0 Å². The van der Waals surface area contributed by atoms with Crippen LogP contribution in [0, 0.1) is 0 Å². The lowest BCUT2D eigenvalue weighted by atomic mass is 10.1. The molecule has 0 fully saturated rings. The van der Waals surface area contributed by atoms with Gasteiger partial charge in [-0.2, -0.15) is 0 Å². The molecule has 0 saturated heterocycles. The molecule has 0 unspecified atom stereocenters. The van der Waals surface area contributed by atoms with Gasteiger partial charge < -0.3 is 14.3 Å². The van der Waals surface area contributed by atoms with Gasteiger partial charge in [-0.15, -0.1) is 0 Å². The molecule has 0 spiro atoms. The van der Waals surface area contributed by atoms with Crippen LogP contribution < -0.4 is 9.47 Å². The molecule has 0 bridgehead atoms. The number of hydrogen-bond acceptors (Lipinski definition) is 4. The van der Waals surface area contributed by atoms with Gasteiger partial charge in [0, 0.05) is 5.56 Å². The number of para-hydroxylation sites is 1. The predicted octanol–water partition coefficient (Wildman–Crippen LogP) is 4.70. The fraction of sp³-hybridized carbons (Fsp3) is 0.136. The van der Waals surface area contributed by atoms with Gasteiger partial charge in [0.05, 0.1) is 0 Å². The molecule has 0 atom stereocenters. The van der Waals surface area contributed by atoms with Gasteiger partial charge in [-0.05, 0) is 29.8 Å². The zero-order chi connectivity index (χ0) is 18.0. The summed E-state index contributed by atoms with van der Waals surface area (Å²) in [6, 6.07) is 27.4. The summed E-state index contributed by atoms with van der Waals surface area (Å²) in [6.07, 6.45) is 0. The maximum Gasteiger partial charge on any atom is 0.134 e. The molecule has 3 aromatic carbocycles. The molecule has 0 aliphatic rings. The van der Waals surface area contributed by atoms with Crippen LogP contribution in [0.5, 0.6) is 11.5 Å². The first-order valence-electron chi connectivity index (χ1n) is 8.40. The molecule has 0 N–H and O–H groups in total. The lowest BCUT2D eigenvalue weighted by Gasteiger charge is -2.11. The first-order chi connectivity index (χ1) is 12.8. The van der Waals surface area contributed by atoms with Crippen LogP contribution in [-0.4, -0.2) is 19.4 Å². The molecule has 0 aromatic heterocycles. The number of oxime groups is 1. The van der Waals surface area contributed by atoms with E-state index in [1.165, 1.54) is 7.11 Å². The number of benzene rings is 3. The van der Waals surface area contributed by atoms with Crippen molar-refractivity contribution in [2.75, 3.05) is 13.7 Å². The Morgan fingerprint density at radius 1 is 0.769 bits per heavy atom. The zero-order valence-corrected chi connectivity index (χ0v) is 14.7. The Morgan fingerprint density at radius 2 is 1.46 bits per heavy atom. The topological polar surface area (TPSA) is 40.0 Å². The van der Waals surface area contributed by atoms with Gasteiger partial charge >= 0.3 is 0 Å². The Balaban J connectivity index is 1.62. The second kappa shape index (κ2) is 9.28. The van der Waals surface area contributed by atoms with Crippen molar-refractivity contribution in [2.24, 2.45) is 5.16 Å². The predicted molar refractivity (Wildman–Crippen MR) is 103 cm³/mol. The van der Waals surface area contributed by atoms with E-state index >= 15 is 0 Å². The maximum absolute atomic E-state index is 5.90. The molecule has 132 valence electrons. The Bertz CT molecular complexity index is 832. The van der Waals surface area contributed by atoms with Crippen LogP contribution in [-0.2, 0) is 11.4 Å². The quantitative estimate of drug-likeness (QED) is 0.438. The molecule has 3 rings (SSSR count). The van der Waals surface area contributed by atoms with E-state index in [1.54, 1.807) is 0 Å². The Labute approximate surface area is 153 Å². The number of rotatable bonds is 8. The second-order valence-corrected chi connectivity index (χ2v) is 5.62. The van der Waals surface area contributed by atoms with Crippen LogP contribution in [0.15, 0.2) is 90.1 Å². The number of nitrogens with zero attached hydrogens (tertiary/aromatic N) is 1. The summed E-state index contributed by atoms with van der Waals surface area (Å²) in [6.45, 7) is 0.805. The highest BCUT2D eigenvalue weighted by Crippen LogP contribution is 2.17. The lowest BCUT2D eigenvalue weighted by Crippen LogP contribution is -2.13. The van der Waals surface area contributed by atoms with E-state index in [9.17, 15) is 0 Å². The van der Waals surface area contributed by atoms with E-state index < -0.39 is 0 Å². The van der Waals surface area contributed by atoms with E-state index in [4.69, 9.17) is 14.3 Å². The molecule has 0 aliphatic heterocycles. The summed E-state index contributed by atoms with van der Waals surface area (Å²) in [5.41, 5.74) is 2.74. The highest BCUT2D eigenvalue weighted by molar-refractivity contribution is 6.01. The van der Waals surface area contributed by atoms with E-state index in [0.717, 1.165) is 28.3 Å². The van der Waals surface area contributed by atoms with E-state index in [-0.39, 0.29) is 0 Å². The molecule has 0 aliphatic carbocycles. The minimum absolute atomic E-state index is 0.320. The van der Waals surface area contributed by atoms with Crippen LogP contribution in [0.4, 0.5) is 0 Å². The third kappa shape index (κ3) is 5.11. The van der Waals surface area contributed by atoms with Crippen molar-refractivity contribution in [3.05, 3.63) is 96.1 Å². The molecule has 26 heavy (non-hydrogen) atoms.